The van der Waals surface area contributed by atoms with Crippen LogP contribution in [-0.2, 0) is 14.1 Å². The normalized spacial score (nSPS) is 16.1. The van der Waals surface area contributed by atoms with Crippen LogP contribution in [-0.4, -0.2) is 33.4 Å². The third-order valence-electron chi connectivity index (χ3n) is 2.34. The van der Waals surface area contributed by atoms with Crippen LogP contribution < -0.4 is 0 Å². The van der Waals surface area contributed by atoms with Gasteiger partial charge >= 0.3 is 0 Å². The van der Waals surface area contributed by atoms with E-state index >= 15 is 0 Å². The van der Waals surface area contributed by atoms with Crippen LogP contribution in [0.15, 0.2) is 23.5 Å². The van der Waals surface area contributed by atoms with Crippen LogP contribution in [0.3, 0.4) is 0 Å². The molecule has 1 aliphatic rings. The Morgan fingerprint density at radius 3 is 2.59 bits per heavy atom. The van der Waals surface area contributed by atoms with Crippen LogP contribution >= 0.6 is 0 Å². The lowest BCUT2D eigenvalue weighted by Gasteiger charge is -2.26. The Morgan fingerprint density at radius 2 is 2.06 bits per heavy atom. The average molecular weight is 255 g/mol. The van der Waals surface area contributed by atoms with E-state index in [1.54, 1.807) is 7.05 Å². The Hall–Kier alpha value is -1.07. The molecular formula is C12H21NO3Si. The molecule has 0 saturated carbocycles. The van der Waals surface area contributed by atoms with Crippen molar-refractivity contribution in [3.05, 3.63) is 23.5 Å². The average Bonchev–Trinajstić information content (AvgIpc) is 2.25. The van der Waals surface area contributed by atoms with E-state index in [0.29, 0.717) is 5.57 Å². The summed E-state index contributed by atoms with van der Waals surface area (Å²) in [6.07, 6.45) is 5.54. The van der Waals surface area contributed by atoms with E-state index in [9.17, 15) is 4.79 Å². The molecule has 0 aromatic carbocycles. The lowest BCUT2D eigenvalue weighted by atomic mass is 10.0. The second-order valence-electron chi connectivity index (χ2n) is 4.98. The predicted octanol–water partition coefficient (Wildman–Crippen LogP) is 2.46. The Morgan fingerprint density at radius 1 is 1.41 bits per heavy atom. The molecule has 17 heavy (non-hydrogen) atoms. The second kappa shape index (κ2) is 5.51. The summed E-state index contributed by atoms with van der Waals surface area (Å²) in [5.74, 6) is 0.650. The van der Waals surface area contributed by atoms with Gasteiger partial charge in [-0.1, -0.05) is 12.2 Å². The Kier molecular flexibility index (Phi) is 4.53. The van der Waals surface area contributed by atoms with Gasteiger partial charge in [0.1, 0.15) is 0 Å². The molecule has 1 amide bonds. The summed E-state index contributed by atoms with van der Waals surface area (Å²) < 4.78 is 5.97. The second-order valence-corrected chi connectivity index (χ2v) is 9.41. The molecule has 0 bridgehead atoms. The predicted molar refractivity (Wildman–Crippen MR) is 69.6 cm³/mol. The summed E-state index contributed by atoms with van der Waals surface area (Å²) in [6.45, 7) is 6.33. The topological polar surface area (TPSA) is 38.8 Å². The summed E-state index contributed by atoms with van der Waals surface area (Å²) in [7, 11) is 1.40. The van der Waals surface area contributed by atoms with E-state index in [1.807, 2.05) is 12.2 Å². The molecule has 0 aliphatic heterocycles. The Labute approximate surface area is 104 Å². The van der Waals surface area contributed by atoms with Crippen molar-refractivity contribution in [1.29, 1.82) is 0 Å². The molecule has 0 unspecified atom stereocenters. The molecule has 1 rings (SSSR count). The third kappa shape index (κ3) is 4.01. The summed E-state index contributed by atoms with van der Waals surface area (Å²) in [6, 6.07) is 0. The molecule has 0 fully saturated rings. The van der Waals surface area contributed by atoms with Crippen LogP contribution in [0.2, 0.25) is 19.6 Å². The van der Waals surface area contributed by atoms with Crippen molar-refractivity contribution in [2.45, 2.75) is 32.5 Å². The molecule has 0 N–H and O–H groups in total. The van der Waals surface area contributed by atoms with Crippen LogP contribution in [0.25, 0.3) is 0 Å². The van der Waals surface area contributed by atoms with Crippen LogP contribution in [0.1, 0.15) is 12.8 Å². The van der Waals surface area contributed by atoms with Gasteiger partial charge in [-0.15, -0.1) is 0 Å². The first-order valence-corrected chi connectivity index (χ1v) is 9.17. The molecule has 0 atom stereocenters. The van der Waals surface area contributed by atoms with Crippen molar-refractivity contribution in [2.75, 3.05) is 14.2 Å². The minimum absolute atomic E-state index is 0.156. The Balaban J connectivity index is 2.97. The molecule has 0 heterocycles. The summed E-state index contributed by atoms with van der Waals surface area (Å²) in [5, 5.41) is 1.22. The monoisotopic (exact) mass is 255 g/mol. The number of hydroxylamine groups is 2. The third-order valence-corrected chi connectivity index (χ3v) is 3.20. The van der Waals surface area contributed by atoms with E-state index in [1.165, 1.54) is 12.2 Å². The molecule has 0 radical (unpaired) electrons. The highest BCUT2D eigenvalue weighted by Crippen LogP contribution is 2.24. The van der Waals surface area contributed by atoms with E-state index in [0.717, 1.165) is 18.6 Å². The number of nitrogens with zero attached hydrogens (tertiary/aromatic N) is 1. The van der Waals surface area contributed by atoms with Gasteiger partial charge in [-0.3, -0.25) is 9.63 Å². The molecule has 5 heteroatoms. The highest BCUT2D eigenvalue weighted by atomic mass is 28.4. The molecule has 1 aliphatic carbocycles. The highest BCUT2D eigenvalue weighted by Gasteiger charge is 2.25. The zero-order valence-electron chi connectivity index (χ0n) is 11.2. The minimum Gasteiger partial charge on any atom is -0.547 e. The first-order valence-electron chi connectivity index (χ1n) is 5.76. The number of hydrogen-bond acceptors (Lipinski definition) is 3. The number of likely N-dealkylation sites (N-methyl/N-ethyl adjacent to an activating group) is 1. The summed E-state index contributed by atoms with van der Waals surface area (Å²) in [5.41, 5.74) is 0.614. The first-order chi connectivity index (χ1) is 7.85. The maximum absolute atomic E-state index is 12.1. The van der Waals surface area contributed by atoms with Crippen molar-refractivity contribution in [1.82, 2.24) is 5.06 Å². The van der Waals surface area contributed by atoms with E-state index < -0.39 is 8.32 Å². The fourth-order valence-electron chi connectivity index (χ4n) is 1.56. The van der Waals surface area contributed by atoms with E-state index in [4.69, 9.17) is 9.26 Å². The highest BCUT2D eigenvalue weighted by molar-refractivity contribution is 6.70. The summed E-state index contributed by atoms with van der Waals surface area (Å²) >= 11 is 0. The number of carbonyl (C=O) groups excluding carboxylic acids is 1. The Bertz CT molecular complexity index is 355. The van der Waals surface area contributed by atoms with Gasteiger partial charge in [0, 0.05) is 13.5 Å². The molecule has 0 spiro atoms. The molecule has 0 saturated heterocycles. The fourth-order valence-corrected chi connectivity index (χ4v) is 2.51. The van der Waals surface area contributed by atoms with Gasteiger partial charge < -0.3 is 4.43 Å². The SMILES string of the molecule is CON(C)C(=O)C1=C(O[Si](C)(C)C)CCC=C1. The van der Waals surface area contributed by atoms with Gasteiger partial charge in [-0.05, 0) is 26.1 Å². The minimum atomic E-state index is -1.68. The standard InChI is InChI=1S/C12H21NO3Si/c1-13(15-2)12(14)10-8-6-7-9-11(10)16-17(3,4)5/h6,8H,7,9H2,1-5H3. The zero-order chi connectivity index (χ0) is 13.1. The van der Waals surface area contributed by atoms with Crippen molar-refractivity contribution >= 4 is 14.2 Å². The van der Waals surface area contributed by atoms with Gasteiger partial charge in [-0.2, -0.15) is 0 Å². The van der Waals surface area contributed by atoms with Crippen LogP contribution in [0.5, 0.6) is 0 Å². The number of rotatable bonds is 4. The number of allylic oxidation sites excluding steroid dienone is 2. The van der Waals surface area contributed by atoms with Gasteiger partial charge in [0.15, 0.2) is 0 Å². The molecule has 96 valence electrons. The molecule has 4 nitrogen and oxygen atoms in total. The number of amides is 1. The lowest BCUT2D eigenvalue weighted by Crippen LogP contribution is -2.31. The largest absolute Gasteiger partial charge is 0.547 e. The van der Waals surface area contributed by atoms with Crippen LogP contribution in [0, 0.1) is 0 Å². The van der Waals surface area contributed by atoms with Gasteiger partial charge in [0.2, 0.25) is 8.32 Å². The van der Waals surface area contributed by atoms with Gasteiger partial charge in [-0.25, -0.2) is 5.06 Å². The zero-order valence-corrected chi connectivity index (χ0v) is 12.2. The van der Waals surface area contributed by atoms with Crippen molar-refractivity contribution in [3.63, 3.8) is 0 Å². The van der Waals surface area contributed by atoms with E-state index in [-0.39, 0.29) is 5.91 Å². The smallest absolute Gasteiger partial charge is 0.280 e. The fraction of sp³-hybridized carbons (Fsp3) is 0.583. The van der Waals surface area contributed by atoms with Crippen LogP contribution in [0.4, 0.5) is 0 Å². The van der Waals surface area contributed by atoms with Gasteiger partial charge in [0.25, 0.3) is 5.91 Å². The maximum Gasteiger partial charge on any atom is 0.280 e. The first kappa shape index (κ1) is 14.0. The molecular weight excluding hydrogens is 234 g/mol. The van der Waals surface area contributed by atoms with Crippen molar-refractivity contribution < 1.29 is 14.1 Å². The van der Waals surface area contributed by atoms with Crippen molar-refractivity contribution in [2.24, 2.45) is 0 Å². The number of hydrogen-bond donors (Lipinski definition) is 0. The van der Waals surface area contributed by atoms with E-state index in [2.05, 4.69) is 19.6 Å². The lowest BCUT2D eigenvalue weighted by molar-refractivity contribution is -0.163. The van der Waals surface area contributed by atoms with Gasteiger partial charge in [0.05, 0.1) is 18.4 Å². The van der Waals surface area contributed by atoms with Crippen molar-refractivity contribution in [3.8, 4) is 0 Å². The molecule has 0 aromatic rings. The summed E-state index contributed by atoms with van der Waals surface area (Å²) in [4.78, 5) is 17.0. The quantitative estimate of drug-likeness (QED) is 0.572. The maximum atomic E-state index is 12.1. The number of carbonyl (C=O) groups is 1. The molecule has 0 aromatic heterocycles.